The number of furan rings is 1. The van der Waals surface area contributed by atoms with Crippen LogP contribution in [0, 0.1) is 17.9 Å². The Bertz CT molecular complexity index is 1940. The summed E-state index contributed by atoms with van der Waals surface area (Å²) >= 11 is 0. The maximum absolute atomic E-state index is 14.0. The van der Waals surface area contributed by atoms with Crippen molar-refractivity contribution < 1.29 is 31.7 Å². The first-order chi connectivity index (χ1) is 20.6. The number of aromatic nitrogens is 2. The first kappa shape index (κ1) is 29.6. The van der Waals surface area contributed by atoms with Crippen molar-refractivity contribution in [3.05, 3.63) is 114 Å². The number of hydrogen-bond donors (Lipinski definition) is 0. The molecular formula is C37H37FIrN2OSi-2. The van der Waals surface area contributed by atoms with Gasteiger partial charge in [-0.2, -0.15) is 0 Å². The van der Waals surface area contributed by atoms with Crippen LogP contribution in [0.15, 0.2) is 89.6 Å². The third kappa shape index (κ3) is 7.04. The van der Waals surface area contributed by atoms with Crippen LogP contribution in [0.25, 0.3) is 44.5 Å². The average molecular weight is 767 g/mol. The number of pyridine rings is 2. The fourth-order valence-electron chi connectivity index (χ4n) is 4.96. The number of fused-ring (bicyclic) bond motifs is 3. The number of para-hydroxylation sites is 1. The van der Waals surface area contributed by atoms with Gasteiger partial charge in [0.25, 0.3) is 0 Å². The number of hydrogen-bond acceptors (Lipinski definition) is 3. The quantitative estimate of drug-likeness (QED) is 0.130. The molecule has 6 rings (SSSR count). The monoisotopic (exact) mass is 767 g/mol. The minimum absolute atomic E-state index is 0. The maximum atomic E-state index is 14.0. The molecule has 43 heavy (non-hydrogen) atoms. The number of nitrogens with zero attached hydrogens (tertiary/aromatic N) is 2. The Morgan fingerprint density at radius 2 is 1.58 bits per heavy atom. The van der Waals surface area contributed by atoms with E-state index >= 15 is 0 Å². The summed E-state index contributed by atoms with van der Waals surface area (Å²) in [5, 5.41) is 2.84. The Labute approximate surface area is 271 Å². The van der Waals surface area contributed by atoms with Gasteiger partial charge in [0, 0.05) is 40.6 Å². The van der Waals surface area contributed by atoms with Crippen LogP contribution in [0.5, 0.6) is 0 Å². The first-order valence-corrected chi connectivity index (χ1v) is 17.6. The second-order valence-corrected chi connectivity index (χ2v) is 16.9. The van der Waals surface area contributed by atoms with Crippen molar-refractivity contribution in [2.75, 3.05) is 0 Å². The molecule has 0 aliphatic rings. The third-order valence-corrected chi connectivity index (χ3v) is 9.25. The van der Waals surface area contributed by atoms with Gasteiger partial charge in [-0.3, -0.25) is 0 Å². The molecule has 3 aromatic heterocycles. The minimum atomic E-state index is -1.50. The molecule has 0 bridgehead atoms. The van der Waals surface area contributed by atoms with Crippen molar-refractivity contribution >= 4 is 35.2 Å². The number of rotatable bonds is 5. The molecule has 3 heterocycles. The second kappa shape index (κ2) is 13.5. The zero-order valence-corrected chi connectivity index (χ0v) is 29.0. The standard InChI is InChI=1S/C20H15FNO.C17H22NSi.Ir/c1-12(2)13-9-10-22-18(11-13)16-7-3-5-14-15-6-4-8-17(21)20(15)23-19(14)16;1-13(2)15-11-16(14-9-7-6-8-10-14)18-12-17(15)19(3,4)5;/h3-6,8-12H,1-2H3;6-9,11-13H,1-5H3;/q2*-1;/i12D;13D;. The van der Waals surface area contributed by atoms with Gasteiger partial charge >= 0.3 is 0 Å². The summed E-state index contributed by atoms with van der Waals surface area (Å²) in [6.07, 6.45) is 3.66. The van der Waals surface area contributed by atoms with Crippen molar-refractivity contribution in [2.24, 2.45) is 0 Å². The van der Waals surface area contributed by atoms with Crippen molar-refractivity contribution in [3.8, 4) is 22.5 Å². The Balaban J connectivity index is 0.000000204. The van der Waals surface area contributed by atoms with Crippen LogP contribution in [0.2, 0.25) is 19.6 Å². The van der Waals surface area contributed by atoms with Crippen molar-refractivity contribution in [1.82, 2.24) is 9.97 Å². The van der Waals surface area contributed by atoms with E-state index in [0.29, 0.717) is 16.8 Å². The van der Waals surface area contributed by atoms with Gasteiger partial charge in [-0.25, -0.2) is 4.39 Å². The average Bonchev–Trinajstić information content (AvgIpc) is 3.37. The van der Waals surface area contributed by atoms with E-state index in [4.69, 9.17) is 7.16 Å². The van der Waals surface area contributed by atoms with Crippen LogP contribution in [-0.2, 0) is 20.1 Å². The van der Waals surface area contributed by atoms with Crippen LogP contribution >= 0.6 is 0 Å². The normalized spacial score (nSPS) is 12.7. The van der Waals surface area contributed by atoms with E-state index in [-0.39, 0.29) is 31.5 Å². The van der Waals surface area contributed by atoms with Gasteiger partial charge in [0.2, 0.25) is 0 Å². The summed E-state index contributed by atoms with van der Waals surface area (Å²) in [4.78, 5) is 9.01. The zero-order valence-electron chi connectivity index (χ0n) is 27.6. The van der Waals surface area contributed by atoms with E-state index in [9.17, 15) is 4.39 Å². The molecule has 0 fully saturated rings. The number of halogens is 1. The topological polar surface area (TPSA) is 38.9 Å². The van der Waals surface area contributed by atoms with Gasteiger partial charge in [-0.15, -0.1) is 54.1 Å². The fourth-order valence-corrected chi connectivity index (χ4v) is 6.55. The number of benzene rings is 3. The second-order valence-electron chi connectivity index (χ2n) is 11.9. The van der Waals surface area contributed by atoms with Crippen LogP contribution in [0.4, 0.5) is 4.39 Å². The van der Waals surface area contributed by atoms with E-state index in [0.717, 1.165) is 33.2 Å². The minimum Gasteiger partial charge on any atom is -0.498 e. The van der Waals surface area contributed by atoms with E-state index in [1.165, 1.54) is 11.3 Å². The van der Waals surface area contributed by atoms with Gasteiger partial charge in [-0.05, 0) is 40.5 Å². The molecule has 6 heteroatoms. The predicted octanol–water partition coefficient (Wildman–Crippen LogP) is 9.93. The van der Waals surface area contributed by atoms with E-state index in [2.05, 4.69) is 47.8 Å². The first-order valence-electron chi connectivity index (χ1n) is 15.1. The smallest absolute Gasteiger partial charge is 0.165 e. The summed E-state index contributed by atoms with van der Waals surface area (Å²) in [6.45, 7) is 14.4. The molecule has 0 spiro atoms. The summed E-state index contributed by atoms with van der Waals surface area (Å²) in [5.74, 6) is -1.73. The molecule has 6 aromatic rings. The summed E-state index contributed by atoms with van der Waals surface area (Å²) < 4.78 is 36.5. The molecule has 3 aromatic carbocycles. The molecule has 223 valence electrons. The fraction of sp³-hybridized carbons (Fsp3) is 0.243. The Kier molecular flexibility index (Phi) is 9.27. The molecule has 0 aliphatic heterocycles. The molecule has 1 radical (unpaired) electrons. The summed E-state index contributed by atoms with van der Waals surface area (Å²) in [6, 6.07) is 28.5. The van der Waals surface area contributed by atoms with Gasteiger partial charge in [0.15, 0.2) is 11.4 Å². The van der Waals surface area contributed by atoms with Gasteiger partial charge in [0.05, 0.1) is 13.7 Å². The molecular weight excluding hydrogens is 728 g/mol. The molecule has 0 amide bonds. The molecule has 0 N–H and O–H groups in total. The van der Waals surface area contributed by atoms with Crippen LogP contribution < -0.4 is 5.19 Å². The van der Waals surface area contributed by atoms with Crippen molar-refractivity contribution in [3.63, 3.8) is 0 Å². The van der Waals surface area contributed by atoms with Crippen LogP contribution in [-0.4, -0.2) is 18.0 Å². The van der Waals surface area contributed by atoms with Crippen LogP contribution in [0.1, 0.15) is 53.4 Å². The molecule has 0 atom stereocenters. The van der Waals surface area contributed by atoms with Crippen LogP contribution in [0.3, 0.4) is 0 Å². The van der Waals surface area contributed by atoms with E-state index in [1.807, 2.05) is 82.4 Å². The van der Waals surface area contributed by atoms with E-state index in [1.54, 1.807) is 18.3 Å². The Morgan fingerprint density at radius 3 is 2.26 bits per heavy atom. The SMILES string of the molecule is [2H]C(C)(C)c1cc(-c2[c-]cccc2)ncc1[Si](C)(C)C.[2H]C(C)(C)c1ccnc(-c2[c-]ccc3c2oc2c(F)cccc23)c1.[Ir]. The van der Waals surface area contributed by atoms with Gasteiger partial charge < -0.3 is 14.4 Å². The Morgan fingerprint density at radius 1 is 0.814 bits per heavy atom. The maximum Gasteiger partial charge on any atom is 0.165 e. The molecule has 0 saturated carbocycles. The molecule has 0 aliphatic carbocycles. The third-order valence-electron chi connectivity index (χ3n) is 7.24. The molecule has 3 nitrogen and oxygen atoms in total. The predicted molar refractivity (Wildman–Crippen MR) is 175 cm³/mol. The molecule has 0 unspecified atom stereocenters. The van der Waals surface area contributed by atoms with Crippen molar-refractivity contribution in [1.29, 1.82) is 0 Å². The summed E-state index contributed by atoms with van der Waals surface area (Å²) in [7, 11) is -1.50. The largest absolute Gasteiger partial charge is 0.498 e. The van der Waals surface area contributed by atoms with Gasteiger partial charge in [-0.1, -0.05) is 93.7 Å². The molecule has 0 saturated heterocycles. The Hall–Kier alpha value is -3.44. The summed E-state index contributed by atoms with van der Waals surface area (Å²) in [5.41, 5.74) is 5.98. The zero-order chi connectivity index (χ0) is 31.9. The van der Waals surface area contributed by atoms with Crippen molar-refractivity contribution in [2.45, 2.75) is 59.1 Å². The van der Waals surface area contributed by atoms with E-state index < -0.39 is 19.9 Å². The van der Waals surface area contributed by atoms with Gasteiger partial charge in [0.1, 0.15) is 0 Å².